The molecular formula is C21H28N4O5. The number of nitrogens with zero attached hydrogens (tertiary/aromatic N) is 1. The Morgan fingerprint density at radius 2 is 1.67 bits per heavy atom. The van der Waals surface area contributed by atoms with E-state index < -0.39 is 17.5 Å². The highest BCUT2D eigenvalue weighted by Gasteiger charge is 2.52. The second-order valence-corrected chi connectivity index (χ2v) is 7.86. The van der Waals surface area contributed by atoms with Crippen LogP contribution in [0.2, 0.25) is 0 Å². The summed E-state index contributed by atoms with van der Waals surface area (Å²) in [5.74, 6) is -0.475. The Bertz CT molecular complexity index is 815. The molecule has 0 unspecified atom stereocenters. The molecule has 9 nitrogen and oxygen atoms in total. The van der Waals surface area contributed by atoms with E-state index in [0.29, 0.717) is 30.1 Å². The maximum atomic E-state index is 12.9. The van der Waals surface area contributed by atoms with Crippen LogP contribution in [0.15, 0.2) is 24.3 Å². The predicted molar refractivity (Wildman–Crippen MR) is 111 cm³/mol. The fourth-order valence-corrected chi connectivity index (χ4v) is 4.05. The molecule has 30 heavy (non-hydrogen) atoms. The molecule has 1 heterocycles. The van der Waals surface area contributed by atoms with Crippen LogP contribution >= 0.6 is 0 Å². The van der Waals surface area contributed by atoms with Crippen LogP contribution in [0.3, 0.4) is 0 Å². The third-order valence-corrected chi connectivity index (χ3v) is 5.81. The van der Waals surface area contributed by atoms with Gasteiger partial charge in [-0.2, -0.15) is 0 Å². The highest BCUT2D eigenvalue weighted by molar-refractivity contribution is 6.10. The summed E-state index contributed by atoms with van der Waals surface area (Å²) in [6, 6.07) is 6.01. The summed E-state index contributed by atoms with van der Waals surface area (Å²) in [7, 11) is 1.43. The number of amides is 5. The lowest BCUT2D eigenvalue weighted by Gasteiger charge is -2.34. The van der Waals surface area contributed by atoms with Gasteiger partial charge in [0, 0.05) is 18.5 Å². The molecule has 0 bridgehead atoms. The summed E-state index contributed by atoms with van der Waals surface area (Å²) in [5.41, 5.74) is 0.203. The zero-order chi connectivity index (χ0) is 21.7. The number of benzene rings is 1. The number of methoxy groups -OCH3 is 1. The molecule has 1 spiro atoms. The minimum absolute atomic E-state index is 0.0506. The molecule has 162 valence electrons. The maximum Gasteiger partial charge on any atom is 0.325 e. The molecule has 0 atom stereocenters. The lowest BCUT2D eigenvalue weighted by atomic mass is 9.75. The summed E-state index contributed by atoms with van der Waals surface area (Å²) in [4.78, 5) is 50.2. The Morgan fingerprint density at radius 1 is 1.10 bits per heavy atom. The van der Waals surface area contributed by atoms with E-state index in [9.17, 15) is 19.2 Å². The summed E-state index contributed by atoms with van der Waals surface area (Å²) < 4.78 is 4.75. The van der Waals surface area contributed by atoms with Crippen molar-refractivity contribution in [3.05, 3.63) is 24.3 Å². The molecule has 2 fully saturated rings. The van der Waals surface area contributed by atoms with Gasteiger partial charge < -0.3 is 20.7 Å². The average molecular weight is 416 g/mol. The highest BCUT2D eigenvalue weighted by Crippen LogP contribution is 2.37. The van der Waals surface area contributed by atoms with Crippen molar-refractivity contribution in [2.75, 3.05) is 30.9 Å². The monoisotopic (exact) mass is 416 g/mol. The molecular weight excluding hydrogens is 388 g/mol. The number of ether oxygens (including phenoxy) is 1. The van der Waals surface area contributed by atoms with Gasteiger partial charge in [0.1, 0.15) is 18.7 Å². The highest BCUT2D eigenvalue weighted by atomic mass is 16.5. The van der Waals surface area contributed by atoms with Crippen molar-refractivity contribution in [2.45, 2.75) is 44.6 Å². The summed E-state index contributed by atoms with van der Waals surface area (Å²) in [6.45, 7) is 1.75. The standard InChI is InChI=1S/C21H28N4O5/c1-3-14-8-10-21(11-9-14)19(28)25(20(29)24-21)12-17(26)22-15-4-6-16(7-5-15)23-18(27)13-30-2/h4-7,14H,3,8-13H2,1-2H3,(H,22,26)(H,23,27)(H,24,29). The van der Waals surface area contributed by atoms with Crippen molar-refractivity contribution in [2.24, 2.45) is 5.92 Å². The number of imide groups is 1. The van der Waals surface area contributed by atoms with Crippen LogP contribution in [0.1, 0.15) is 39.0 Å². The van der Waals surface area contributed by atoms with E-state index in [4.69, 9.17) is 4.74 Å². The third kappa shape index (κ3) is 4.79. The zero-order valence-corrected chi connectivity index (χ0v) is 17.3. The fraction of sp³-hybridized carbons (Fsp3) is 0.524. The topological polar surface area (TPSA) is 117 Å². The van der Waals surface area contributed by atoms with Gasteiger partial charge in [0.2, 0.25) is 11.8 Å². The molecule has 1 aliphatic heterocycles. The number of urea groups is 1. The molecule has 5 amide bonds. The second kappa shape index (κ2) is 9.25. The van der Waals surface area contributed by atoms with Crippen LogP contribution in [0.4, 0.5) is 16.2 Å². The van der Waals surface area contributed by atoms with Crippen molar-refractivity contribution in [1.82, 2.24) is 10.2 Å². The minimum Gasteiger partial charge on any atom is -0.375 e. The van der Waals surface area contributed by atoms with Crippen molar-refractivity contribution in [3.8, 4) is 0 Å². The minimum atomic E-state index is -0.856. The van der Waals surface area contributed by atoms with Gasteiger partial charge in [-0.25, -0.2) is 4.79 Å². The van der Waals surface area contributed by atoms with E-state index in [1.165, 1.54) is 7.11 Å². The van der Waals surface area contributed by atoms with Gasteiger partial charge in [0.25, 0.3) is 5.91 Å². The van der Waals surface area contributed by atoms with E-state index in [1.807, 2.05) is 0 Å². The molecule has 1 saturated heterocycles. The van der Waals surface area contributed by atoms with Gasteiger partial charge in [-0.15, -0.1) is 0 Å². The summed E-state index contributed by atoms with van der Waals surface area (Å²) in [6.07, 6.45) is 4.10. The SMILES string of the molecule is CCC1CCC2(CC1)NC(=O)N(CC(=O)Nc1ccc(NC(=O)COC)cc1)C2=O. The van der Waals surface area contributed by atoms with Gasteiger partial charge >= 0.3 is 6.03 Å². The zero-order valence-electron chi connectivity index (χ0n) is 17.3. The fourth-order valence-electron chi connectivity index (χ4n) is 4.05. The number of rotatable bonds is 7. The van der Waals surface area contributed by atoms with Crippen LogP contribution in [0.25, 0.3) is 0 Å². The Balaban J connectivity index is 1.55. The van der Waals surface area contributed by atoms with Crippen LogP contribution in [0.5, 0.6) is 0 Å². The smallest absolute Gasteiger partial charge is 0.325 e. The normalized spacial score (nSPS) is 23.4. The van der Waals surface area contributed by atoms with E-state index in [2.05, 4.69) is 22.9 Å². The Kier molecular flexibility index (Phi) is 6.71. The van der Waals surface area contributed by atoms with Gasteiger partial charge in [-0.05, 0) is 55.9 Å². The molecule has 0 aromatic heterocycles. The Labute approximate surface area is 175 Å². The number of hydrogen-bond acceptors (Lipinski definition) is 5. The summed E-state index contributed by atoms with van der Waals surface area (Å²) >= 11 is 0. The first-order valence-corrected chi connectivity index (χ1v) is 10.2. The second-order valence-electron chi connectivity index (χ2n) is 7.86. The van der Waals surface area contributed by atoms with Gasteiger partial charge in [0.15, 0.2) is 0 Å². The lowest BCUT2D eigenvalue weighted by Crippen LogP contribution is -2.49. The number of anilines is 2. The summed E-state index contributed by atoms with van der Waals surface area (Å²) in [5, 5.41) is 8.15. The van der Waals surface area contributed by atoms with Crippen LogP contribution in [-0.4, -0.2) is 54.5 Å². The van der Waals surface area contributed by atoms with Crippen LogP contribution in [-0.2, 0) is 19.1 Å². The average Bonchev–Trinajstić information content (AvgIpc) is 2.94. The Morgan fingerprint density at radius 3 is 2.20 bits per heavy atom. The predicted octanol–water partition coefficient (Wildman–Crippen LogP) is 2.10. The first-order valence-electron chi connectivity index (χ1n) is 10.2. The van der Waals surface area contributed by atoms with Crippen molar-refractivity contribution < 1.29 is 23.9 Å². The largest absolute Gasteiger partial charge is 0.375 e. The number of nitrogens with one attached hydrogen (secondary N) is 3. The number of carbonyl (C=O) groups excluding carboxylic acids is 4. The number of hydrogen-bond donors (Lipinski definition) is 3. The molecule has 1 saturated carbocycles. The van der Waals surface area contributed by atoms with Crippen LogP contribution in [0, 0.1) is 5.92 Å². The molecule has 1 aromatic rings. The van der Waals surface area contributed by atoms with E-state index in [0.717, 1.165) is 24.2 Å². The van der Waals surface area contributed by atoms with E-state index >= 15 is 0 Å². The maximum absolute atomic E-state index is 12.9. The molecule has 1 aromatic carbocycles. The van der Waals surface area contributed by atoms with Gasteiger partial charge in [-0.3, -0.25) is 19.3 Å². The van der Waals surface area contributed by atoms with Crippen molar-refractivity contribution in [1.29, 1.82) is 0 Å². The van der Waals surface area contributed by atoms with Gasteiger partial charge in [-0.1, -0.05) is 13.3 Å². The quantitative estimate of drug-likeness (QED) is 0.589. The van der Waals surface area contributed by atoms with Crippen molar-refractivity contribution >= 4 is 35.1 Å². The van der Waals surface area contributed by atoms with Crippen molar-refractivity contribution in [3.63, 3.8) is 0 Å². The van der Waals surface area contributed by atoms with Crippen LogP contribution < -0.4 is 16.0 Å². The Hall–Kier alpha value is -2.94. The number of carbonyl (C=O) groups is 4. The lowest BCUT2D eigenvalue weighted by molar-refractivity contribution is -0.135. The molecule has 3 rings (SSSR count). The van der Waals surface area contributed by atoms with E-state index in [-0.39, 0.29) is 25.0 Å². The molecule has 2 aliphatic rings. The molecule has 0 radical (unpaired) electrons. The molecule has 9 heteroatoms. The molecule has 3 N–H and O–H groups in total. The first kappa shape index (κ1) is 21.8. The molecule has 1 aliphatic carbocycles. The van der Waals surface area contributed by atoms with E-state index in [1.54, 1.807) is 24.3 Å². The van der Waals surface area contributed by atoms with Gasteiger partial charge in [0.05, 0.1) is 0 Å². The third-order valence-electron chi connectivity index (χ3n) is 5.81. The first-order chi connectivity index (χ1) is 14.4.